The standard InChI is InChI=1S/C27H21ClF3NO6/c1-14-13-15(25(33)34)10-11-16(14)17-5-2-6-18-19(24(32-23(17)18)38-26(35)36)7-4-12-37-21-9-3-8-20(22(21)28)27(29,30)31/h2-3,5-6,8-11,13,32H,4,7,12H2,1H3,(H,33,34)(H,35,36). The van der Waals surface area contributed by atoms with Gasteiger partial charge in [-0.05, 0) is 55.2 Å². The minimum absolute atomic E-state index is 0.00959. The maximum absolute atomic E-state index is 13.1. The molecule has 4 rings (SSSR count). The molecule has 0 bridgehead atoms. The van der Waals surface area contributed by atoms with E-state index in [0.717, 1.165) is 11.6 Å². The first-order chi connectivity index (χ1) is 18.0. The van der Waals surface area contributed by atoms with Crippen LogP contribution in [-0.4, -0.2) is 33.9 Å². The van der Waals surface area contributed by atoms with Crippen molar-refractivity contribution >= 4 is 34.6 Å². The third-order valence-corrected chi connectivity index (χ3v) is 6.34. The molecule has 0 aliphatic carbocycles. The number of carboxylic acids is 1. The highest BCUT2D eigenvalue weighted by molar-refractivity contribution is 6.32. The Balaban J connectivity index is 1.62. The maximum atomic E-state index is 13.1. The Hall–Kier alpha value is -4.18. The molecular weight excluding hydrogens is 527 g/mol. The van der Waals surface area contributed by atoms with Crippen LogP contribution in [0.25, 0.3) is 22.0 Å². The third-order valence-electron chi connectivity index (χ3n) is 5.95. The average molecular weight is 548 g/mol. The summed E-state index contributed by atoms with van der Waals surface area (Å²) >= 11 is 5.88. The fraction of sp³-hybridized carbons (Fsp3) is 0.185. The molecule has 0 aliphatic rings. The van der Waals surface area contributed by atoms with E-state index in [0.29, 0.717) is 34.0 Å². The number of aromatic nitrogens is 1. The first-order valence-corrected chi connectivity index (χ1v) is 11.7. The summed E-state index contributed by atoms with van der Waals surface area (Å²) in [6.07, 6.45) is -5.55. The van der Waals surface area contributed by atoms with Gasteiger partial charge in [0, 0.05) is 16.5 Å². The molecule has 0 fully saturated rings. The molecular formula is C27H21ClF3NO6. The second-order valence-electron chi connectivity index (χ2n) is 8.43. The zero-order valence-corrected chi connectivity index (χ0v) is 20.6. The van der Waals surface area contributed by atoms with Crippen molar-refractivity contribution in [2.24, 2.45) is 0 Å². The third kappa shape index (κ3) is 5.55. The summed E-state index contributed by atoms with van der Waals surface area (Å²) in [6.45, 7) is 1.78. The zero-order chi connectivity index (χ0) is 27.6. The van der Waals surface area contributed by atoms with E-state index in [1.165, 1.54) is 18.2 Å². The van der Waals surface area contributed by atoms with Crippen molar-refractivity contribution < 1.29 is 42.4 Å². The van der Waals surface area contributed by atoms with E-state index in [1.54, 1.807) is 31.2 Å². The van der Waals surface area contributed by atoms with E-state index in [2.05, 4.69) is 4.98 Å². The molecule has 3 aromatic carbocycles. The number of rotatable bonds is 8. The molecule has 1 heterocycles. The molecule has 0 unspecified atom stereocenters. The molecule has 0 saturated heterocycles. The van der Waals surface area contributed by atoms with Crippen LogP contribution in [0.1, 0.15) is 33.5 Å². The predicted octanol–water partition coefficient (Wildman–Crippen LogP) is 7.58. The van der Waals surface area contributed by atoms with Gasteiger partial charge in [0.25, 0.3) is 0 Å². The number of fused-ring (bicyclic) bond motifs is 1. The van der Waals surface area contributed by atoms with Gasteiger partial charge >= 0.3 is 18.3 Å². The average Bonchev–Trinajstić information content (AvgIpc) is 3.18. The Kier molecular flexibility index (Phi) is 7.54. The fourth-order valence-corrected chi connectivity index (χ4v) is 4.56. The lowest BCUT2D eigenvalue weighted by Gasteiger charge is -2.13. The molecule has 0 amide bonds. The number of carbonyl (C=O) groups is 2. The topological polar surface area (TPSA) is 109 Å². The van der Waals surface area contributed by atoms with Crippen molar-refractivity contribution in [3.8, 4) is 22.8 Å². The van der Waals surface area contributed by atoms with Gasteiger partial charge in [0.05, 0.1) is 28.3 Å². The highest BCUT2D eigenvalue weighted by Gasteiger charge is 2.34. The molecule has 0 atom stereocenters. The van der Waals surface area contributed by atoms with Crippen molar-refractivity contribution in [1.82, 2.24) is 4.98 Å². The number of hydrogen-bond donors (Lipinski definition) is 3. The van der Waals surface area contributed by atoms with Gasteiger partial charge in [0.15, 0.2) is 0 Å². The number of ether oxygens (including phenoxy) is 2. The number of aryl methyl sites for hydroxylation is 2. The Labute approximate surface area is 219 Å². The number of para-hydroxylation sites is 1. The van der Waals surface area contributed by atoms with Crippen LogP contribution in [0, 0.1) is 6.92 Å². The maximum Gasteiger partial charge on any atom is 0.512 e. The summed E-state index contributed by atoms with van der Waals surface area (Å²) in [5.41, 5.74) is 2.45. The molecule has 198 valence electrons. The molecule has 0 saturated carbocycles. The zero-order valence-electron chi connectivity index (χ0n) is 19.9. The second-order valence-corrected chi connectivity index (χ2v) is 8.81. The Morgan fingerprint density at radius 2 is 1.76 bits per heavy atom. The van der Waals surface area contributed by atoms with E-state index in [1.807, 2.05) is 6.07 Å². The molecule has 11 heteroatoms. The smallest absolute Gasteiger partial charge is 0.492 e. The second kappa shape index (κ2) is 10.7. The van der Waals surface area contributed by atoms with Gasteiger partial charge in [0.1, 0.15) is 5.75 Å². The lowest BCUT2D eigenvalue weighted by atomic mass is 9.96. The number of nitrogens with one attached hydrogen (secondary N) is 1. The Morgan fingerprint density at radius 1 is 1.03 bits per heavy atom. The van der Waals surface area contributed by atoms with Crippen LogP contribution in [0.2, 0.25) is 5.02 Å². The van der Waals surface area contributed by atoms with E-state index in [4.69, 9.17) is 21.1 Å². The first-order valence-electron chi connectivity index (χ1n) is 11.3. The van der Waals surface area contributed by atoms with Crippen LogP contribution in [0.5, 0.6) is 11.6 Å². The lowest BCUT2D eigenvalue weighted by molar-refractivity contribution is -0.137. The van der Waals surface area contributed by atoms with Crippen molar-refractivity contribution in [3.05, 3.63) is 81.9 Å². The van der Waals surface area contributed by atoms with Crippen LogP contribution in [0.15, 0.2) is 54.6 Å². The number of H-pyrrole nitrogens is 1. The number of halogens is 4. The van der Waals surface area contributed by atoms with Gasteiger partial charge in [-0.1, -0.05) is 41.9 Å². The van der Waals surface area contributed by atoms with Crippen molar-refractivity contribution in [3.63, 3.8) is 0 Å². The van der Waals surface area contributed by atoms with Crippen LogP contribution < -0.4 is 9.47 Å². The molecule has 0 spiro atoms. The molecule has 0 aliphatic heterocycles. The van der Waals surface area contributed by atoms with E-state index < -0.39 is 28.9 Å². The largest absolute Gasteiger partial charge is 0.512 e. The number of alkyl halides is 3. The highest BCUT2D eigenvalue weighted by Crippen LogP contribution is 2.40. The normalized spacial score (nSPS) is 11.5. The van der Waals surface area contributed by atoms with Crippen molar-refractivity contribution in [2.45, 2.75) is 25.9 Å². The summed E-state index contributed by atoms with van der Waals surface area (Å²) in [5.74, 6) is -1.15. The van der Waals surface area contributed by atoms with Crippen LogP contribution in [-0.2, 0) is 12.6 Å². The summed E-state index contributed by atoms with van der Waals surface area (Å²) in [6, 6.07) is 13.5. The van der Waals surface area contributed by atoms with Gasteiger partial charge < -0.3 is 24.7 Å². The summed E-state index contributed by atoms with van der Waals surface area (Å²) in [4.78, 5) is 25.7. The number of hydrogen-bond acceptors (Lipinski definition) is 4. The lowest BCUT2D eigenvalue weighted by Crippen LogP contribution is -2.08. The SMILES string of the molecule is Cc1cc(C(=O)O)ccc1-c1cccc2c(CCCOc3cccc(C(F)(F)F)c3Cl)c(OC(=O)O)[nH]c12. The van der Waals surface area contributed by atoms with Gasteiger partial charge in [-0.2, -0.15) is 13.2 Å². The number of benzene rings is 3. The van der Waals surface area contributed by atoms with Gasteiger partial charge in [-0.3, -0.25) is 0 Å². The van der Waals surface area contributed by atoms with Crippen molar-refractivity contribution in [1.29, 1.82) is 0 Å². The van der Waals surface area contributed by atoms with Crippen molar-refractivity contribution in [2.75, 3.05) is 6.61 Å². The minimum atomic E-state index is -4.62. The molecule has 0 radical (unpaired) electrons. The van der Waals surface area contributed by atoms with Crippen LogP contribution >= 0.6 is 11.6 Å². The van der Waals surface area contributed by atoms with Gasteiger partial charge in [-0.15, -0.1) is 0 Å². The van der Waals surface area contributed by atoms with E-state index in [9.17, 15) is 33.0 Å². The first kappa shape index (κ1) is 26.9. The van der Waals surface area contributed by atoms with E-state index >= 15 is 0 Å². The highest BCUT2D eigenvalue weighted by atomic mass is 35.5. The van der Waals surface area contributed by atoms with E-state index in [-0.39, 0.29) is 30.2 Å². The number of aromatic amines is 1. The summed E-state index contributed by atoms with van der Waals surface area (Å²) < 4.78 is 49.8. The summed E-state index contributed by atoms with van der Waals surface area (Å²) in [5, 5.41) is 18.6. The molecule has 1 aromatic heterocycles. The predicted molar refractivity (Wildman–Crippen MR) is 134 cm³/mol. The van der Waals surface area contributed by atoms with Crippen LogP contribution in [0.4, 0.5) is 18.0 Å². The fourth-order valence-electron chi connectivity index (χ4n) is 4.27. The monoisotopic (exact) mass is 547 g/mol. The minimum Gasteiger partial charge on any atom is -0.492 e. The number of aromatic carboxylic acids is 1. The van der Waals surface area contributed by atoms with Gasteiger partial charge in [-0.25, -0.2) is 9.59 Å². The molecule has 4 aromatic rings. The molecule has 3 N–H and O–H groups in total. The Bertz CT molecular complexity index is 1530. The number of carboxylic acid groups (broad SMARTS) is 2. The van der Waals surface area contributed by atoms with Gasteiger partial charge in [0.2, 0.25) is 5.88 Å². The van der Waals surface area contributed by atoms with Crippen LogP contribution in [0.3, 0.4) is 0 Å². The molecule has 7 nitrogen and oxygen atoms in total. The quantitative estimate of drug-likeness (QED) is 0.155. The molecule has 38 heavy (non-hydrogen) atoms. The Morgan fingerprint density at radius 3 is 2.42 bits per heavy atom. The summed E-state index contributed by atoms with van der Waals surface area (Å²) in [7, 11) is 0.